The van der Waals surface area contributed by atoms with Crippen LogP contribution >= 0.6 is 11.6 Å². The number of nitrogens with zero attached hydrogens (tertiary/aromatic N) is 3. The van der Waals surface area contributed by atoms with E-state index in [1.54, 1.807) is 19.1 Å². The minimum absolute atomic E-state index is 0.0566. The van der Waals surface area contributed by atoms with Crippen LogP contribution in [0.5, 0.6) is 5.88 Å². The number of aryl methyl sites for hydroxylation is 2. The summed E-state index contributed by atoms with van der Waals surface area (Å²) in [5.74, 6) is -0.0566. The molecule has 3 aromatic rings. The van der Waals surface area contributed by atoms with Crippen molar-refractivity contribution >= 4 is 27.4 Å². The van der Waals surface area contributed by atoms with Crippen molar-refractivity contribution < 1.29 is 17.5 Å². The third-order valence-electron chi connectivity index (χ3n) is 3.67. The summed E-state index contributed by atoms with van der Waals surface area (Å²) in [4.78, 5) is 9.73. The number of aromatic nitrogens is 2. The number of non-ortho nitro benzene ring substituents is 1. The second-order valence-corrected chi connectivity index (χ2v) is 7.70. The number of rotatable bonds is 5. The van der Waals surface area contributed by atoms with Gasteiger partial charge in [-0.05, 0) is 32.0 Å². The molecule has 27 heavy (non-hydrogen) atoms. The predicted molar refractivity (Wildman–Crippen MR) is 99.0 cm³/mol. The molecule has 1 aromatic heterocycles. The Bertz CT molecular complexity index is 1120. The summed E-state index contributed by atoms with van der Waals surface area (Å²) in [5, 5.41) is 15.0. The normalized spacial score (nSPS) is 11.4. The molecule has 10 heteroatoms. The summed E-state index contributed by atoms with van der Waals surface area (Å²) < 4.78 is 31.9. The van der Waals surface area contributed by atoms with Gasteiger partial charge in [0.2, 0.25) is 5.88 Å². The molecule has 0 saturated carbocycles. The van der Waals surface area contributed by atoms with Crippen LogP contribution in [0.15, 0.2) is 53.4 Å². The van der Waals surface area contributed by atoms with Crippen molar-refractivity contribution in [2.45, 2.75) is 18.7 Å². The van der Waals surface area contributed by atoms with Crippen LogP contribution in [0.2, 0.25) is 5.02 Å². The lowest BCUT2D eigenvalue weighted by Gasteiger charge is -2.10. The predicted octanol–water partition coefficient (Wildman–Crippen LogP) is 3.82. The number of hydrogen-bond acceptors (Lipinski definition) is 6. The van der Waals surface area contributed by atoms with Crippen molar-refractivity contribution in [1.82, 2.24) is 9.78 Å². The summed E-state index contributed by atoms with van der Waals surface area (Å²) in [5.41, 5.74) is 1.75. The fraction of sp³-hybridized carbons (Fsp3) is 0.118. The summed E-state index contributed by atoms with van der Waals surface area (Å²) in [7, 11) is -4.42. The molecule has 0 atom stereocenters. The molecule has 0 fully saturated rings. The molecule has 0 radical (unpaired) electrons. The average Bonchev–Trinajstić information content (AvgIpc) is 2.95. The first-order valence-electron chi connectivity index (χ1n) is 7.69. The van der Waals surface area contributed by atoms with Crippen molar-refractivity contribution in [2.24, 2.45) is 0 Å². The Labute approximate surface area is 160 Å². The molecule has 0 saturated heterocycles. The minimum atomic E-state index is -4.42. The van der Waals surface area contributed by atoms with Gasteiger partial charge in [-0.3, -0.25) is 10.1 Å². The van der Waals surface area contributed by atoms with Gasteiger partial charge in [0.1, 0.15) is 4.90 Å². The highest BCUT2D eigenvalue weighted by Crippen LogP contribution is 2.30. The van der Waals surface area contributed by atoms with E-state index in [2.05, 4.69) is 5.10 Å². The van der Waals surface area contributed by atoms with Crippen LogP contribution in [0, 0.1) is 24.0 Å². The lowest BCUT2D eigenvalue weighted by Crippen LogP contribution is -2.13. The van der Waals surface area contributed by atoms with Gasteiger partial charge in [0.05, 0.1) is 21.3 Å². The molecule has 3 rings (SSSR count). The number of halogens is 1. The Morgan fingerprint density at radius 1 is 1.11 bits per heavy atom. The third-order valence-corrected chi connectivity index (χ3v) is 5.38. The maximum atomic E-state index is 12.7. The smallest absolute Gasteiger partial charge is 0.342 e. The van der Waals surface area contributed by atoms with Crippen LogP contribution in [-0.4, -0.2) is 23.1 Å². The van der Waals surface area contributed by atoms with E-state index < -0.39 is 25.6 Å². The highest BCUT2D eigenvalue weighted by molar-refractivity contribution is 7.87. The Balaban J connectivity index is 2.04. The highest BCUT2D eigenvalue weighted by atomic mass is 35.5. The highest BCUT2D eigenvalue weighted by Gasteiger charge is 2.26. The molecule has 0 spiro atoms. The maximum Gasteiger partial charge on any atom is 0.342 e. The van der Waals surface area contributed by atoms with Crippen LogP contribution in [0.25, 0.3) is 5.69 Å². The van der Waals surface area contributed by atoms with Gasteiger partial charge in [0, 0.05) is 18.2 Å². The second-order valence-electron chi connectivity index (χ2n) is 5.78. The van der Waals surface area contributed by atoms with Crippen LogP contribution in [0.1, 0.15) is 11.3 Å². The minimum Gasteiger partial charge on any atom is -0.358 e. The number of benzene rings is 2. The number of nitro groups is 1. The molecule has 1 heterocycles. The second kappa shape index (κ2) is 7.01. The zero-order chi connectivity index (χ0) is 19.8. The zero-order valence-electron chi connectivity index (χ0n) is 14.3. The van der Waals surface area contributed by atoms with Gasteiger partial charge < -0.3 is 4.18 Å². The van der Waals surface area contributed by atoms with Crippen LogP contribution in [0.3, 0.4) is 0 Å². The van der Waals surface area contributed by atoms with E-state index in [0.717, 1.165) is 23.8 Å². The van der Waals surface area contributed by atoms with Gasteiger partial charge in [-0.2, -0.15) is 18.2 Å². The molecule has 2 aromatic carbocycles. The topological polar surface area (TPSA) is 104 Å². The number of hydrogen-bond donors (Lipinski definition) is 0. The molecular formula is C17H14ClN3O5S. The van der Waals surface area contributed by atoms with Crippen molar-refractivity contribution in [3.05, 3.63) is 74.9 Å². The fourth-order valence-electron chi connectivity index (χ4n) is 2.36. The zero-order valence-corrected chi connectivity index (χ0v) is 15.9. The van der Waals surface area contributed by atoms with E-state index in [1.807, 2.05) is 19.1 Å². The maximum absolute atomic E-state index is 12.7. The average molecular weight is 408 g/mol. The third kappa shape index (κ3) is 3.93. The lowest BCUT2D eigenvalue weighted by atomic mass is 10.2. The van der Waals surface area contributed by atoms with Gasteiger partial charge in [-0.1, -0.05) is 29.3 Å². The number of nitro benzene ring substituents is 1. The molecule has 0 bridgehead atoms. The molecular weight excluding hydrogens is 394 g/mol. The van der Waals surface area contributed by atoms with E-state index in [-0.39, 0.29) is 10.9 Å². The Hall–Kier alpha value is -2.91. The molecule has 0 N–H and O–H groups in total. The Kier molecular flexibility index (Phi) is 4.90. The molecule has 8 nitrogen and oxygen atoms in total. The first-order valence-corrected chi connectivity index (χ1v) is 9.48. The van der Waals surface area contributed by atoms with E-state index in [1.165, 1.54) is 10.7 Å². The van der Waals surface area contributed by atoms with E-state index >= 15 is 0 Å². The fourth-order valence-corrected chi connectivity index (χ4v) is 3.77. The standard InChI is InChI=1S/C17H14ClN3O5S/c1-11-3-5-13(6-4-11)20-17(9-12(2)19-20)26-27(24,25)16-10-14(21(22)23)7-8-15(16)18/h3-10H,1-2H3. The summed E-state index contributed by atoms with van der Waals surface area (Å²) >= 11 is 5.93. The van der Waals surface area contributed by atoms with Crippen molar-refractivity contribution in [2.75, 3.05) is 0 Å². The summed E-state index contributed by atoms with van der Waals surface area (Å²) in [6.07, 6.45) is 0. The van der Waals surface area contributed by atoms with Crippen molar-refractivity contribution in [1.29, 1.82) is 0 Å². The Morgan fingerprint density at radius 2 is 1.78 bits per heavy atom. The SMILES string of the molecule is Cc1ccc(-n2nc(C)cc2OS(=O)(=O)c2cc([N+](=O)[O-])ccc2Cl)cc1. The van der Waals surface area contributed by atoms with Gasteiger partial charge in [-0.15, -0.1) is 0 Å². The van der Waals surface area contributed by atoms with Gasteiger partial charge in [0.15, 0.2) is 0 Å². The van der Waals surface area contributed by atoms with Crippen molar-refractivity contribution in [3.63, 3.8) is 0 Å². The molecule has 0 unspecified atom stereocenters. The first-order chi connectivity index (χ1) is 12.7. The summed E-state index contributed by atoms with van der Waals surface area (Å²) in [6.45, 7) is 3.61. The van der Waals surface area contributed by atoms with E-state index in [4.69, 9.17) is 15.8 Å². The largest absolute Gasteiger partial charge is 0.358 e. The van der Waals surface area contributed by atoms with Gasteiger partial charge >= 0.3 is 10.1 Å². The molecule has 0 aliphatic rings. The molecule has 0 aliphatic heterocycles. The lowest BCUT2D eigenvalue weighted by molar-refractivity contribution is -0.385. The van der Waals surface area contributed by atoms with Crippen LogP contribution < -0.4 is 4.18 Å². The molecule has 140 valence electrons. The van der Waals surface area contributed by atoms with Crippen LogP contribution in [-0.2, 0) is 10.1 Å². The quantitative estimate of drug-likeness (QED) is 0.361. The van der Waals surface area contributed by atoms with Crippen LogP contribution in [0.4, 0.5) is 5.69 Å². The molecule has 0 amide bonds. The van der Waals surface area contributed by atoms with Gasteiger partial charge in [0.25, 0.3) is 5.69 Å². The summed E-state index contributed by atoms with van der Waals surface area (Å²) in [6, 6.07) is 11.8. The van der Waals surface area contributed by atoms with E-state index in [9.17, 15) is 18.5 Å². The first kappa shape index (κ1) is 18.9. The monoisotopic (exact) mass is 407 g/mol. The Morgan fingerprint density at radius 3 is 2.41 bits per heavy atom. The van der Waals surface area contributed by atoms with E-state index in [0.29, 0.717) is 11.4 Å². The van der Waals surface area contributed by atoms with Crippen molar-refractivity contribution in [3.8, 4) is 11.6 Å². The molecule has 0 aliphatic carbocycles. The van der Waals surface area contributed by atoms with Gasteiger partial charge in [-0.25, -0.2) is 0 Å².